The van der Waals surface area contributed by atoms with E-state index in [1.54, 1.807) is 4.90 Å². The van der Waals surface area contributed by atoms with Crippen molar-refractivity contribution in [3.63, 3.8) is 0 Å². The molecule has 0 aromatic rings. The molecular weight excluding hydrogens is 232 g/mol. The quantitative estimate of drug-likeness (QED) is 0.653. The van der Waals surface area contributed by atoms with E-state index in [-0.39, 0.29) is 12.0 Å². The Kier molecular flexibility index (Phi) is 7.96. The molecule has 18 heavy (non-hydrogen) atoms. The summed E-state index contributed by atoms with van der Waals surface area (Å²) in [4.78, 5) is 13.6. The zero-order chi connectivity index (χ0) is 13.2. The number of likely N-dealkylation sites (N-methyl/N-ethyl adjacent to an activating group) is 1. The largest absolute Gasteiger partial charge is 0.378 e. The van der Waals surface area contributed by atoms with Crippen LogP contribution in [0.2, 0.25) is 0 Å². The van der Waals surface area contributed by atoms with Crippen LogP contribution in [0.4, 0.5) is 0 Å². The average Bonchev–Trinajstić information content (AvgIpc) is 2.42. The van der Waals surface area contributed by atoms with E-state index in [9.17, 15) is 4.79 Å². The van der Waals surface area contributed by atoms with Crippen LogP contribution < -0.4 is 5.73 Å². The van der Waals surface area contributed by atoms with Gasteiger partial charge in [-0.05, 0) is 25.7 Å². The van der Waals surface area contributed by atoms with Crippen molar-refractivity contribution >= 4 is 5.91 Å². The minimum Gasteiger partial charge on any atom is -0.378 e. The second-order valence-electron chi connectivity index (χ2n) is 4.74. The lowest BCUT2D eigenvalue weighted by atomic mass is 10.0. The van der Waals surface area contributed by atoms with Crippen LogP contribution in [0.3, 0.4) is 0 Å². The van der Waals surface area contributed by atoms with Crippen LogP contribution in [0.15, 0.2) is 0 Å². The number of hydrogen-bond donors (Lipinski definition) is 1. The monoisotopic (exact) mass is 258 g/mol. The summed E-state index contributed by atoms with van der Waals surface area (Å²) in [6.07, 6.45) is 5.16. The number of nitrogens with zero attached hydrogens (tertiary/aromatic N) is 1. The van der Waals surface area contributed by atoms with E-state index in [2.05, 4.69) is 0 Å². The standard InChI is InChI=1S/C13H26N2O3/c1-15(8-11-17-10-7-14)13(16)6-5-12-4-2-3-9-18-12/h12H,2-11,14H2,1H3. The minimum atomic E-state index is 0.167. The molecule has 0 aromatic carbocycles. The molecule has 1 aliphatic rings. The van der Waals surface area contributed by atoms with Gasteiger partial charge in [-0.25, -0.2) is 0 Å². The molecule has 0 bridgehead atoms. The third kappa shape index (κ3) is 6.33. The van der Waals surface area contributed by atoms with Crippen molar-refractivity contribution in [3.8, 4) is 0 Å². The van der Waals surface area contributed by atoms with E-state index in [0.717, 1.165) is 25.9 Å². The Morgan fingerprint density at radius 1 is 1.44 bits per heavy atom. The topological polar surface area (TPSA) is 64.8 Å². The van der Waals surface area contributed by atoms with Crippen LogP contribution in [-0.4, -0.2) is 56.9 Å². The third-order valence-corrected chi connectivity index (χ3v) is 3.21. The number of carbonyl (C=O) groups excluding carboxylic acids is 1. The Balaban J connectivity index is 2.07. The molecule has 0 saturated carbocycles. The van der Waals surface area contributed by atoms with Gasteiger partial charge in [-0.1, -0.05) is 0 Å². The van der Waals surface area contributed by atoms with Gasteiger partial charge in [-0.3, -0.25) is 4.79 Å². The molecule has 0 aromatic heterocycles. The van der Waals surface area contributed by atoms with E-state index < -0.39 is 0 Å². The first kappa shape index (κ1) is 15.4. The molecule has 0 radical (unpaired) electrons. The number of nitrogens with two attached hydrogens (primary N) is 1. The Hall–Kier alpha value is -0.650. The number of ether oxygens (including phenoxy) is 2. The fraction of sp³-hybridized carbons (Fsp3) is 0.923. The molecule has 1 atom stereocenters. The Morgan fingerprint density at radius 2 is 2.28 bits per heavy atom. The summed E-state index contributed by atoms with van der Waals surface area (Å²) in [6.45, 7) is 3.11. The third-order valence-electron chi connectivity index (χ3n) is 3.21. The summed E-state index contributed by atoms with van der Waals surface area (Å²) in [5.74, 6) is 0.167. The lowest BCUT2D eigenvalue weighted by molar-refractivity contribution is -0.131. The summed E-state index contributed by atoms with van der Waals surface area (Å²) >= 11 is 0. The molecule has 1 amide bonds. The van der Waals surface area contributed by atoms with Crippen molar-refractivity contribution < 1.29 is 14.3 Å². The van der Waals surface area contributed by atoms with Crippen molar-refractivity contribution in [2.24, 2.45) is 5.73 Å². The normalized spacial score (nSPS) is 19.8. The second kappa shape index (κ2) is 9.30. The van der Waals surface area contributed by atoms with Gasteiger partial charge >= 0.3 is 0 Å². The van der Waals surface area contributed by atoms with Crippen LogP contribution in [0.1, 0.15) is 32.1 Å². The SMILES string of the molecule is CN(CCOCCN)C(=O)CCC1CCCCO1. The smallest absolute Gasteiger partial charge is 0.222 e. The zero-order valence-corrected chi connectivity index (χ0v) is 11.4. The maximum absolute atomic E-state index is 11.8. The molecule has 1 unspecified atom stereocenters. The Morgan fingerprint density at radius 3 is 2.94 bits per heavy atom. The fourth-order valence-electron chi connectivity index (χ4n) is 2.02. The lowest BCUT2D eigenvalue weighted by Gasteiger charge is -2.23. The highest BCUT2D eigenvalue weighted by atomic mass is 16.5. The van der Waals surface area contributed by atoms with E-state index in [1.807, 2.05) is 7.05 Å². The first-order valence-corrected chi connectivity index (χ1v) is 6.87. The fourth-order valence-corrected chi connectivity index (χ4v) is 2.02. The predicted molar refractivity (Wildman–Crippen MR) is 70.3 cm³/mol. The second-order valence-corrected chi connectivity index (χ2v) is 4.74. The zero-order valence-electron chi connectivity index (χ0n) is 11.4. The van der Waals surface area contributed by atoms with Gasteiger partial charge in [0.15, 0.2) is 0 Å². The summed E-state index contributed by atoms with van der Waals surface area (Å²) in [5.41, 5.74) is 5.32. The van der Waals surface area contributed by atoms with Gasteiger partial charge in [0, 0.05) is 33.2 Å². The van der Waals surface area contributed by atoms with Crippen LogP contribution in [0, 0.1) is 0 Å². The summed E-state index contributed by atoms with van der Waals surface area (Å²) in [5, 5.41) is 0. The van der Waals surface area contributed by atoms with Gasteiger partial charge < -0.3 is 20.1 Å². The van der Waals surface area contributed by atoms with Gasteiger partial charge in [0.05, 0.1) is 19.3 Å². The van der Waals surface area contributed by atoms with Crippen molar-refractivity contribution in [1.29, 1.82) is 0 Å². The maximum Gasteiger partial charge on any atom is 0.222 e. The van der Waals surface area contributed by atoms with Crippen LogP contribution >= 0.6 is 0 Å². The van der Waals surface area contributed by atoms with Gasteiger partial charge in [-0.15, -0.1) is 0 Å². The first-order valence-electron chi connectivity index (χ1n) is 6.87. The maximum atomic E-state index is 11.8. The number of amides is 1. The van der Waals surface area contributed by atoms with E-state index >= 15 is 0 Å². The Bertz CT molecular complexity index is 230. The molecule has 106 valence electrons. The molecular formula is C13H26N2O3. The highest BCUT2D eigenvalue weighted by Crippen LogP contribution is 2.17. The highest BCUT2D eigenvalue weighted by molar-refractivity contribution is 5.75. The first-order chi connectivity index (χ1) is 8.74. The van der Waals surface area contributed by atoms with E-state index in [4.69, 9.17) is 15.2 Å². The van der Waals surface area contributed by atoms with E-state index in [0.29, 0.717) is 32.7 Å². The molecule has 5 heteroatoms. The molecule has 5 nitrogen and oxygen atoms in total. The predicted octanol–water partition coefficient (Wildman–Crippen LogP) is 0.769. The molecule has 1 aliphatic heterocycles. The van der Waals surface area contributed by atoms with Crippen molar-refractivity contribution in [1.82, 2.24) is 4.90 Å². The van der Waals surface area contributed by atoms with Gasteiger partial charge in [-0.2, -0.15) is 0 Å². The molecule has 0 spiro atoms. The summed E-state index contributed by atoms with van der Waals surface area (Å²) < 4.78 is 10.9. The van der Waals surface area contributed by atoms with Gasteiger partial charge in [0.2, 0.25) is 5.91 Å². The van der Waals surface area contributed by atoms with E-state index in [1.165, 1.54) is 6.42 Å². The molecule has 1 rings (SSSR count). The molecule has 0 aliphatic carbocycles. The van der Waals surface area contributed by atoms with Gasteiger partial charge in [0.1, 0.15) is 0 Å². The van der Waals surface area contributed by atoms with Crippen LogP contribution in [0.5, 0.6) is 0 Å². The average molecular weight is 258 g/mol. The van der Waals surface area contributed by atoms with Crippen molar-refractivity contribution in [3.05, 3.63) is 0 Å². The number of hydrogen-bond acceptors (Lipinski definition) is 4. The number of rotatable bonds is 8. The molecule has 1 fully saturated rings. The van der Waals surface area contributed by atoms with Gasteiger partial charge in [0.25, 0.3) is 0 Å². The molecule has 1 saturated heterocycles. The lowest BCUT2D eigenvalue weighted by Crippen LogP contribution is -2.31. The van der Waals surface area contributed by atoms with Crippen LogP contribution in [0.25, 0.3) is 0 Å². The van der Waals surface area contributed by atoms with Crippen molar-refractivity contribution in [2.75, 3.05) is 40.0 Å². The highest BCUT2D eigenvalue weighted by Gasteiger charge is 2.16. The number of carbonyl (C=O) groups is 1. The molecule has 1 heterocycles. The summed E-state index contributed by atoms with van der Waals surface area (Å²) in [7, 11) is 1.82. The summed E-state index contributed by atoms with van der Waals surface area (Å²) in [6, 6.07) is 0. The van der Waals surface area contributed by atoms with Crippen LogP contribution in [-0.2, 0) is 14.3 Å². The minimum absolute atomic E-state index is 0.167. The van der Waals surface area contributed by atoms with Crippen molar-refractivity contribution in [2.45, 2.75) is 38.2 Å². The Labute approximate surface area is 110 Å². The molecule has 2 N–H and O–H groups in total.